The van der Waals surface area contributed by atoms with Gasteiger partial charge in [0.1, 0.15) is 5.75 Å². The zero-order chi connectivity index (χ0) is 18.4. The molecule has 0 saturated heterocycles. The summed E-state index contributed by atoms with van der Waals surface area (Å²) in [5, 5.41) is 12.5. The highest BCUT2D eigenvalue weighted by Gasteiger charge is 2.14. The predicted molar refractivity (Wildman–Crippen MR) is 102 cm³/mol. The summed E-state index contributed by atoms with van der Waals surface area (Å²) < 4.78 is 11.1. The van der Waals surface area contributed by atoms with Crippen LogP contribution in [0.5, 0.6) is 5.75 Å². The Hall–Kier alpha value is -2.32. The molecule has 6 nitrogen and oxygen atoms in total. The molecule has 0 saturated carbocycles. The zero-order valence-corrected chi connectivity index (χ0v) is 16.2. The van der Waals surface area contributed by atoms with E-state index in [1.165, 1.54) is 11.8 Å². The number of nitrogens with zero attached hydrogens (tertiary/aromatic N) is 3. The van der Waals surface area contributed by atoms with Crippen molar-refractivity contribution in [3.8, 4) is 17.2 Å². The van der Waals surface area contributed by atoms with Crippen molar-refractivity contribution < 1.29 is 13.9 Å². The third-order valence-electron chi connectivity index (χ3n) is 3.56. The molecule has 0 unspecified atom stereocenters. The standard InChI is InChI=1S/C18H19N3O3S2/c1-3-23-15-6-4-14(5-7-15)17-19-20-18(24-17)26-12-16(22)21(2)10-13-8-9-25-11-13/h4-9,11H,3,10,12H2,1-2H3. The fourth-order valence-corrected chi connectivity index (χ4v) is 3.59. The van der Waals surface area contributed by atoms with Gasteiger partial charge in [0.15, 0.2) is 0 Å². The monoisotopic (exact) mass is 389 g/mol. The molecule has 0 fully saturated rings. The van der Waals surface area contributed by atoms with Crippen molar-refractivity contribution in [3.63, 3.8) is 0 Å². The molecule has 3 aromatic rings. The lowest BCUT2D eigenvalue weighted by molar-refractivity contribution is -0.127. The Labute approximate surface area is 160 Å². The number of carbonyl (C=O) groups is 1. The Bertz CT molecular complexity index is 832. The second-order valence-electron chi connectivity index (χ2n) is 5.50. The first-order chi connectivity index (χ1) is 12.7. The van der Waals surface area contributed by atoms with Crippen molar-refractivity contribution >= 4 is 29.0 Å². The average molecular weight is 390 g/mol. The van der Waals surface area contributed by atoms with Gasteiger partial charge in [0, 0.05) is 19.2 Å². The van der Waals surface area contributed by atoms with E-state index >= 15 is 0 Å². The number of hydrogen-bond donors (Lipinski definition) is 0. The second-order valence-corrected chi connectivity index (χ2v) is 7.21. The van der Waals surface area contributed by atoms with E-state index in [0.29, 0.717) is 24.3 Å². The summed E-state index contributed by atoms with van der Waals surface area (Å²) in [6.45, 7) is 3.16. The quantitative estimate of drug-likeness (QED) is 0.544. The van der Waals surface area contributed by atoms with Crippen LogP contribution >= 0.6 is 23.1 Å². The van der Waals surface area contributed by atoms with Gasteiger partial charge in [-0.15, -0.1) is 10.2 Å². The molecule has 0 bridgehead atoms. The summed E-state index contributed by atoms with van der Waals surface area (Å²) in [7, 11) is 1.79. The van der Waals surface area contributed by atoms with E-state index in [1.54, 1.807) is 23.3 Å². The van der Waals surface area contributed by atoms with Gasteiger partial charge in [0.05, 0.1) is 12.4 Å². The van der Waals surface area contributed by atoms with Crippen LogP contribution in [-0.2, 0) is 11.3 Å². The van der Waals surface area contributed by atoms with E-state index in [-0.39, 0.29) is 11.7 Å². The van der Waals surface area contributed by atoms with Crippen LogP contribution in [0, 0.1) is 0 Å². The highest BCUT2D eigenvalue weighted by molar-refractivity contribution is 7.99. The highest BCUT2D eigenvalue weighted by Crippen LogP contribution is 2.25. The molecule has 0 N–H and O–H groups in total. The number of aromatic nitrogens is 2. The number of ether oxygens (including phenoxy) is 1. The molecule has 0 atom stereocenters. The molecule has 1 aromatic carbocycles. The molecular weight excluding hydrogens is 370 g/mol. The van der Waals surface area contributed by atoms with Crippen LogP contribution < -0.4 is 4.74 Å². The maximum Gasteiger partial charge on any atom is 0.277 e. The number of benzene rings is 1. The lowest BCUT2D eigenvalue weighted by Crippen LogP contribution is -2.27. The Kier molecular flexibility index (Phi) is 6.30. The van der Waals surface area contributed by atoms with Crippen LogP contribution in [0.4, 0.5) is 0 Å². The summed E-state index contributed by atoms with van der Waals surface area (Å²) >= 11 is 2.87. The first-order valence-corrected chi connectivity index (χ1v) is 10.0. The molecule has 26 heavy (non-hydrogen) atoms. The molecular formula is C18H19N3O3S2. The van der Waals surface area contributed by atoms with Crippen molar-refractivity contribution in [2.75, 3.05) is 19.4 Å². The molecule has 2 aromatic heterocycles. The molecule has 0 aliphatic carbocycles. The maximum absolute atomic E-state index is 12.2. The third kappa shape index (κ3) is 4.86. The highest BCUT2D eigenvalue weighted by atomic mass is 32.2. The maximum atomic E-state index is 12.2. The molecule has 136 valence electrons. The van der Waals surface area contributed by atoms with Crippen molar-refractivity contribution in [2.24, 2.45) is 0 Å². The average Bonchev–Trinajstić information content (AvgIpc) is 3.32. The lowest BCUT2D eigenvalue weighted by atomic mass is 10.2. The van der Waals surface area contributed by atoms with E-state index in [9.17, 15) is 4.79 Å². The summed E-state index contributed by atoms with van der Waals surface area (Å²) in [6.07, 6.45) is 0. The number of amides is 1. The normalized spacial score (nSPS) is 10.7. The van der Waals surface area contributed by atoms with Crippen LogP contribution in [0.1, 0.15) is 12.5 Å². The van der Waals surface area contributed by atoms with Crippen LogP contribution in [0.25, 0.3) is 11.5 Å². The number of hydrogen-bond acceptors (Lipinski definition) is 7. The van der Waals surface area contributed by atoms with Crippen LogP contribution in [0.3, 0.4) is 0 Å². The summed E-state index contributed by atoms with van der Waals surface area (Å²) in [4.78, 5) is 13.9. The minimum Gasteiger partial charge on any atom is -0.494 e. The van der Waals surface area contributed by atoms with E-state index in [1.807, 2.05) is 48.0 Å². The van der Waals surface area contributed by atoms with E-state index in [0.717, 1.165) is 16.9 Å². The molecule has 1 amide bonds. The molecule has 0 spiro atoms. The van der Waals surface area contributed by atoms with Gasteiger partial charge in [0.25, 0.3) is 5.22 Å². The topological polar surface area (TPSA) is 68.5 Å². The Balaban J connectivity index is 1.54. The first-order valence-electron chi connectivity index (χ1n) is 8.10. The van der Waals surface area contributed by atoms with Gasteiger partial charge in [-0.25, -0.2) is 0 Å². The number of thioether (sulfide) groups is 1. The van der Waals surface area contributed by atoms with Gasteiger partial charge in [-0.05, 0) is 53.6 Å². The fourth-order valence-electron chi connectivity index (χ4n) is 2.22. The van der Waals surface area contributed by atoms with Crippen molar-refractivity contribution in [1.29, 1.82) is 0 Å². The lowest BCUT2D eigenvalue weighted by Gasteiger charge is -2.15. The summed E-state index contributed by atoms with van der Waals surface area (Å²) in [5.41, 5.74) is 1.94. The van der Waals surface area contributed by atoms with Crippen molar-refractivity contribution in [2.45, 2.75) is 18.7 Å². The number of rotatable bonds is 8. The molecule has 0 aliphatic heterocycles. The van der Waals surface area contributed by atoms with E-state index in [2.05, 4.69) is 10.2 Å². The number of carbonyl (C=O) groups excluding carboxylic acids is 1. The largest absolute Gasteiger partial charge is 0.494 e. The van der Waals surface area contributed by atoms with Crippen molar-refractivity contribution in [3.05, 3.63) is 46.7 Å². The molecule has 8 heteroatoms. The molecule has 0 aliphatic rings. The molecule has 2 heterocycles. The Morgan fingerprint density at radius 3 is 2.77 bits per heavy atom. The van der Waals surface area contributed by atoms with Gasteiger partial charge in [0.2, 0.25) is 11.8 Å². The van der Waals surface area contributed by atoms with Gasteiger partial charge < -0.3 is 14.1 Å². The van der Waals surface area contributed by atoms with E-state index < -0.39 is 0 Å². The first kappa shape index (κ1) is 18.5. The smallest absolute Gasteiger partial charge is 0.277 e. The summed E-state index contributed by atoms with van der Waals surface area (Å²) in [6, 6.07) is 9.47. The Morgan fingerprint density at radius 2 is 2.08 bits per heavy atom. The van der Waals surface area contributed by atoms with Gasteiger partial charge in [-0.1, -0.05) is 11.8 Å². The van der Waals surface area contributed by atoms with Crippen LogP contribution in [-0.4, -0.2) is 40.4 Å². The van der Waals surface area contributed by atoms with E-state index in [4.69, 9.17) is 9.15 Å². The zero-order valence-electron chi connectivity index (χ0n) is 14.5. The van der Waals surface area contributed by atoms with Crippen LogP contribution in [0.2, 0.25) is 0 Å². The number of thiophene rings is 1. The van der Waals surface area contributed by atoms with Crippen LogP contribution in [0.15, 0.2) is 50.7 Å². The molecule has 0 radical (unpaired) electrons. The minimum atomic E-state index is 0.0158. The summed E-state index contributed by atoms with van der Waals surface area (Å²) in [5.74, 6) is 1.49. The van der Waals surface area contributed by atoms with Gasteiger partial charge >= 0.3 is 0 Å². The van der Waals surface area contributed by atoms with Gasteiger partial charge in [-0.2, -0.15) is 11.3 Å². The fraction of sp³-hybridized carbons (Fsp3) is 0.278. The third-order valence-corrected chi connectivity index (χ3v) is 5.10. The second kappa shape index (κ2) is 8.86. The minimum absolute atomic E-state index is 0.0158. The van der Waals surface area contributed by atoms with Crippen molar-refractivity contribution in [1.82, 2.24) is 15.1 Å². The molecule has 3 rings (SSSR count). The van der Waals surface area contributed by atoms with Gasteiger partial charge in [-0.3, -0.25) is 4.79 Å². The Morgan fingerprint density at radius 1 is 1.27 bits per heavy atom. The SMILES string of the molecule is CCOc1ccc(-c2nnc(SCC(=O)N(C)Cc3ccsc3)o2)cc1. The predicted octanol–water partition coefficient (Wildman–Crippen LogP) is 3.95.